The molecule has 3 rings (SSSR count). The van der Waals surface area contributed by atoms with Crippen LogP contribution in [0.3, 0.4) is 0 Å². The van der Waals surface area contributed by atoms with Gasteiger partial charge in [-0.2, -0.15) is 0 Å². The summed E-state index contributed by atoms with van der Waals surface area (Å²) >= 11 is 0. The second kappa shape index (κ2) is 10.3. The second-order valence-corrected chi connectivity index (χ2v) is 8.99. The number of amides is 2. The number of esters is 1. The second-order valence-electron chi connectivity index (χ2n) is 8.99. The van der Waals surface area contributed by atoms with Crippen molar-refractivity contribution in [3.05, 3.63) is 35.3 Å². The monoisotopic (exact) mass is 479 g/mol. The number of rotatable bonds is 7. The summed E-state index contributed by atoms with van der Waals surface area (Å²) in [5.74, 6) is -2.04. The van der Waals surface area contributed by atoms with Gasteiger partial charge in [-0.3, -0.25) is 4.79 Å². The van der Waals surface area contributed by atoms with Crippen LogP contribution in [-0.2, 0) is 19.1 Å². The lowest BCUT2D eigenvalue weighted by molar-refractivity contribution is -0.136. The number of carbonyl (C=O) groups excluding carboxylic acids is 3. The quantitative estimate of drug-likeness (QED) is 0.570. The van der Waals surface area contributed by atoms with E-state index in [4.69, 9.17) is 14.2 Å². The average molecular weight is 480 g/mol. The SMILES string of the molecule is COC(=O)C1=C(Nc2cccc(F)c2OC2CCN(C(=O)OC(C)(C)C)C2)C(=O)N(CCO)C1. The van der Waals surface area contributed by atoms with Crippen LogP contribution in [0.5, 0.6) is 5.75 Å². The van der Waals surface area contributed by atoms with Crippen molar-refractivity contribution in [1.29, 1.82) is 0 Å². The van der Waals surface area contributed by atoms with Crippen molar-refractivity contribution in [2.75, 3.05) is 45.2 Å². The number of benzene rings is 1. The molecule has 1 aromatic rings. The van der Waals surface area contributed by atoms with Gasteiger partial charge < -0.3 is 34.4 Å². The van der Waals surface area contributed by atoms with Gasteiger partial charge in [-0.1, -0.05) is 6.07 Å². The number of aliphatic hydroxyl groups is 1. The van der Waals surface area contributed by atoms with Gasteiger partial charge in [0.2, 0.25) is 0 Å². The molecular weight excluding hydrogens is 449 g/mol. The Morgan fingerprint density at radius 1 is 1.29 bits per heavy atom. The summed E-state index contributed by atoms with van der Waals surface area (Å²) in [6, 6.07) is 4.17. The molecule has 186 valence electrons. The van der Waals surface area contributed by atoms with Crippen molar-refractivity contribution in [3.63, 3.8) is 0 Å². The molecule has 11 heteroatoms. The first-order chi connectivity index (χ1) is 16.0. The number of carbonyl (C=O) groups is 3. The molecule has 1 fully saturated rings. The van der Waals surface area contributed by atoms with Crippen LogP contribution in [0.15, 0.2) is 29.5 Å². The maximum absolute atomic E-state index is 14.8. The predicted molar refractivity (Wildman–Crippen MR) is 120 cm³/mol. The van der Waals surface area contributed by atoms with Crippen molar-refractivity contribution < 1.29 is 38.1 Å². The van der Waals surface area contributed by atoms with E-state index in [1.807, 2.05) is 0 Å². The number of anilines is 1. The number of methoxy groups -OCH3 is 1. The van der Waals surface area contributed by atoms with Crippen molar-refractivity contribution in [2.45, 2.75) is 38.9 Å². The molecule has 0 spiro atoms. The number of hydrogen-bond donors (Lipinski definition) is 2. The number of para-hydroxylation sites is 1. The number of halogens is 1. The van der Waals surface area contributed by atoms with E-state index in [0.717, 1.165) is 0 Å². The van der Waals surface area contributed by atoms with Crippen LogP contribution in [-0.4, -0.2) is 84.5 Å². The number of hydrogen-bond acceptors (Lipinski definition) is 8. The van der Waals surface area contributed by atoms with Crippen LogP contribution in [0.2, 0.25) is 0 Å². The molecule has 1 atom stereocenters. The van der Waals surface area contributed by atoms with E-state index in [0.29, 0.717) is 13.0 Å². The molecule has 1 aromatic carbocycles. The molecule has 2 heterocycles. The zero-order valence-corrected chi connectivity index (χ0v) is 19.7. The van der Waals surface area contributed by atoms with E-state index in [1.165, 1.54) is 35.1 Å². The smallest absolute Gasteiger partial charge is 0.410 e. The molecule has 34 heavy (non-hydrogen) atoms. The third-order valence-electron chi connectivity index (χ3n) is 5.26. The van der Waals surface area contributed by atoms with Gasteiger partial charge in [-0.05, 0) is 32.9 Å². The molecule has 0 saturated carbocycles. The number of likely N-dealkylation sites (tertiary alicyclic amines) is 1. The highest BCUT2D eigenvalue weighted by atomic mass is 19.1. The summed E-state index contributed by atoms with van der Waals surface area (Å²) in [7, 11) is 1.19. The molecular formula is C23H30FN3O7. The molecule has 1 saturated heterocycles. The van der Waals surface area contributed by atoms with Crippen LogP contribution in [0.25, 0.3) is 0 Å². The standard InChI is InChI=1S/C23H30FN3O7/c1-23(2,3)34-22(31)27-9-8-14(12-27)33-19-16(24)6-5-7-17(19)25-18-15(21(30)32-4)13-26(10-11-28)20(18)29/h5-7,14,25,28H,8-13H2,1-4H3. The van der Waals surface area contributed by atoms with E-state index in [1.54, 1.807) is 20.8 Å². The lowest BCUT2D eigenvalue weighted by Crippen LogP contribution is -2.36. The van der Waals surface area contributed by atoms with Gasteiger partial charge in [0.05, 0.1) is 38.1 Å². The van der Waals surface area contributed by atoms with Crippen LogP contribution in [0, 0.1) is 5.82 Å². The highest BCUT2D eigenvalue weighted by Gasteiger charge is 2.36. The molecule has 0 bridgehead atoms. The predicted octanol–water partition coefficient (Wildman–Crippen LogP) is 1.89. The van der Waals surface area contributed by atoms with Gasteiger partial charge in [0.25, 0.3) is 5.91 Å². The first kappa shape index (κ1) is 25.3. The average Bonchev–Trinajstić information content (AvgIpc) is 3.35. The Morgan fingerprint density at radius 3 is 2.68 bits per heavy atom. The Kier molecular flexibility index (Phi) is 7.65. The first-order valence-electron chi connectivity index (χ1n) is 11.0. The lowest BCUT2D eigenvalue weighted by Gasteiger charge is -2.24. The van der Waals surface area contributed by atoms with Crippen LogP contribution < -0.4 is 10.1 Å². The van der Waals surface area contributed by atoms with Gasteiger partial charge in [0.15, 0.2) is 11.6 Å². The Balaban J connectivity index is 1.79. The van der Waals surface area contributed by atoms with Gasteiger partial charge in [-0.15, -0.1) is 0 Å². The van der Waals surface area contributed by atoms with E-state index in [2.05, 4.69) is 5.32 Å². The lowest BCUT2D eigenvalue weighted by atomic mass is 10.2. The van der Waals surface area contributed by atoms with Crippen molar-refractivity contribution in [3.8, 4) is 5.75 Å². The van der Waals surface area contributed by atoms with E-state index in [9.17, 15) is 23.9 Å². The van der Waals surface area contributed by atoms with Gasteiger partial charge in [-0.25, -0.2) is 14.0 Å². The van der Waals surface area contributed by atoms with E-state index in [-0.39, 0.29) is 48.9 Å². The summed E-state index contributed by atoms with van der Waals surface area (Å²) < 4.78 is 30.8. The highest BCUT2D eigenvalue weighted by Crippen LogP contribution is 2.33. The molecule has 2 aliphatic rings. The molecule has 0 aromatic heterocycles. The van der Waals surface area contributed by atoms with Gasteiger partial charge >= 0.3 is 12.1 Å². The third-order valence-corrected chi connectivity index (χ3v) is 5.26. The summed E-state index contributed by atoms with van der Waals surface area (Å²) in [6.45, 7) is 5.62. The van der Waals surface area contributed by atoms with Crippen LogP contribution in [0.4, 0.5) is 14.9 Å². The topological polar surface area (TPSA) is 118 Å². The largest absolute Gasteiger partial charge is 0.483 e. The molecule has 0 aliphatic carbocycles. The van der Waals surface area contributed by atoms with Gasteiger partial charge in [0, 0.05) is 19.5 Å². The van der Waals surface area contributed by atoms with Crippen molar-refractivity contribution in [1.82, 2.24) is 9.80 Å². The van der Waals surface area contributed by atoms with Crippen molar-refractivity contribution in [2.24, 2.45) is 0 Å². The Morgan fingerprint density at radius 2 is 2.03 bits per heavy atom. The number of aliphatic hydroxyl groups excluding tert-OH is 1. The normalized spacial score (nSPS) is 18.4. The van der Waals surface area contributed by atoms with Crippen molar-refractivity contribution >= 4 is 23.7 Å². The fourth-order valence-electron chi connectivity index (χ4n) is 3.69. The Bertz CT molecular complexity index is 989. The third kappa shape index (κ3) is 5.77. The number of nitrogens with one attached hydrogen (secondary N) is 1. The minimum atomic E-state index is -0.709. The molecule has 10 nitrogen and oxygen atoms in total. The highest BCUT2D eigenvalue weighted by molar-refractivity contribution is 6.08. The first-order valence-corrected chi connectivity index (χ1v) is 11.0. The fourth-order valence-corrected chi connectivity index (χ4v) is 3.69. The summed E-state index contributed by atoms with van der Waals surface area (Å²) in [5, 5.41) is 12.0. The maximum Gasteiger partial charge on any atom is 0.410 e. The minimum absolute atomic E-state index is 0.0274. The van der Waals surface area contributed by atoms with E-state index >= 15 is 0 Å². The zero-order valence-electron chi connectivity index (χ0n) is 19.7. The summed E-state index contributed by atoms with van der Waals surface area (Å²) in [4.78, 5) is 40.1. The molecule has 2 N–H and O–H groups in total. The molecule has 2 amide bonds. The Labute approximate surface area is 197 Å². The number of nitrogens with zero attached hydrogens (tertiary/aromatic N) is 2. The van der Waals surface area contributed by atoms with Crippen LogP contribution >= 0.6 is 0 Å². The van der Waals surface area contributed by atoms with E-state index < -0.39 is 35.5 Å². The fraction of sp³-hybridized carbons (Fsp3) is 0.522. The molecule has 1 unspecified atom stereocenters. The Hall–Kier alpha value is -3.34. The summed E-state index contributed by atoms with van der Waals surface area (Å²) in [6.07, 6.45) is -0.505. The summed E-state index contributed by atoms with van der Waals surface area (Å²) in [5.41, 5.74) is -0.501. The molecule has 2 aliphatic heterocycles. The number of β-amino-alcohol motifs (C(OH)–C–C–N with tert-alkyl or cyclic N) is 1. The zero-order chi connectivity index (χ0) is 25.0. The minimum Gasteiger partial charge on any atom is -0.483 e. The van der Waals surface area contributed by atoms with Crippen LogP contribution in [0.1, 0.15) is 27.2 Å². The number of ether oxygens (including phenoxy) is 3. The molecule has 0 radical (unpaired) electrons. The van der Waals surface area contributed by atoms with Gasteiger partial charge in [0.1, 0.15) is 17.4 Å². The maximum atomic E-state index is 14.8.